The monoisotopic (exact) mass is 441 g/mol. The number of nitrogens with two attached hydrogens (primary N) is 1. The van der Waals surface area contributed by atoms with Gasteiger partial charge in [0.1, 0.15) is 5.82 Å². The fraction of sp³-hybridized carbons (Fsp3) is 0.0476. The molecule has 4 aromatic rings. The average molecular weight is 442 g/mol. The van der Waals surface area contributed by atoms with Gasteiger partial charge in [0.15, 0.2) is 0 Å². The maximum atomic E-state index is 13.6. The molecule has 2 aromatic carbocycles. The third kappa shape index (κ3) is 5.61. The summed E-state index contributed by atoms with van der Waals surface area (Å²) in [4.78, 5) is 18.2. The zero-order valence-electron chi connectivity index (χ0n) is 16.1. The van der Waals surface area contributed by atoms with Crippen LogP contribution in [0.1, 0.15) is 5.56 Å². The molecule has 0 radical (unpaired) electrons. The molecule has 2 aromatic heterocycles. The van der Waals surface area contributed by atoms with Gasteiger partial charge in [-0.25, -0.2) is 9.37 Å². The van der Waals surface area contributed by atoms with Crippen LogP contribution < -0.4 is 16.0 Å². The summed E-state index contributed by atoms with van der Waals surface area (Å²) < 4.78 is 26.7. The molecule has 0 unspecified atom stereocenters. The molecule has 0 aliphatic rings. The molecule has 158 valence electrons. The second-order valence-corrected chi connectivity index (χ2v) is 6.36. The lowest BCUT2D eigenvalue weighted by atomic mass is 10.2. The first kappa shape index (κ1) is 21.8. The van der Waals surface area contributed by atoms with Crippen molar-refractivity contribution in [3.63, 3.8) is 0 Å². The standard InChI is InChI=1S/C21H17F2N7.ClH/c22-15-6-8-16(9-7-15)26-20-27-19(24)28-21(29-20)30(17-4-2-1-3-5-17)13-14-10-11-25-18(23)12-14;/h1-12H,13H2,(H3,24,26,27,28,29);1H. The second kappa shape index (κ2) is 9.77. The van der Waals surface area contributed by atoms with Crippen LogP contribution in [0.15, 0.2) is 72.9 Å². The minimum Gasteiger partial charge on any atom is -0.368 e. The number of benzene rings is 2. The topological polar surface area (TPSA) is 92.8 Å². The number of hydrogen-bond donors (Lipinski definition) is 2. The highest BCUT2D eigenvalue weighted by molar-refractivity contribution is 5.85. The van der Waals surface area contributed by atoms with Crippen LogP contribution in [-0.2, 0) is 6.54 Å². The number of halogens is 3. The highest BCUT2D eigenvalue weighted by Gasteiger charge is 2.16. The first-order valence-electron chi connectivity index (χ1n) is 9.04. The number of aromatic nitrogens is 4. The predicted octanol–water partition coefficient (Wildman–Crippen LogP) is 4.63. The molecule has 10 heteroatoms. The predicted molar refractivity (Wildman–Crippen MR) is 118 cm³/mol. The Morgan fingerprint density at radius 1 is 0.903 bits per heavy atom. The van der Waals surface area contributed by atoms with Crippen LogP contribution in [0.5, 0.6) is 0 Å². The quantitative estimate of drug-likeness (QED) is 0.421. The van der Waals surface area contributed by atoms with Crippen molar-refractivity contribution in [2.24, 2.45) is 0 Å². The molecule has 0 bridgehead atoms. The molecule has 7 nitrogen and oxygen atoms in total. The number of para-hydroxylation sites is 1. The summed E-state index contributed by atoms with van der Waals surface area (Å²) in [7, 11) is 0. The fourth-order valence-electron chi connectivity index (χ4n) is 2.83. The molecule has 0 saturated heterocycles. The molecule has 0 spiro atoms. The Bertz CT molecular complexity index is 1140. The molecule has 0 atom stereocenters. The molecule has 0 fully saturated rings. The summed E-state index contributed by atoms with van der Waals surface area (Å²) in [5, 5.41) is 2.99. The first-order valence-corrected chi connectivity index (χ1v) is 9.04. The van der Waals surface area contributed by atoms with E-state index in [0.29, 0.717) is 11.3 Å². The van der Waals surface area contributed by atoms with Gasteiger partial charge in [-0.3, -0.25) is 0 Å². The van der Waals surface area contributed by atoms with Crippen LogP contribution in [0.4, 0.5) is 38.0 Å². The summed E-state index contributed by atoms with van der Waals surface area (Å²) in [6.07, 6.45) is 1.40. The van der Waals surface area contributed by atoms with Gasteiger partial charge in [-0.1, -0.05) is 18.2 Å². The normalized spacial score (nSPS) is 10.3. The highest BCUT2D eigenvalue weighted by Crippen LogP contribution is 2.26. The van der Waals surface area contributed by atoms with Gasteiger partial charge in [0.25, 0.3) is 0 Å². The molecule has 3 N–H and O–H groups in total. The molecule has 0 aliphatic heterocycles. The van der Waals surface area contributed by atoms with E-state index in [4.69, 9.17) is 5.73 Å². The molecule has 0 amide bonds. The SMILES string of the molecule is Cl.Nc1nc(Nc2ccc(F)cc2)nc(N(Cc2ccnc(F)c2)c2ccccc2)n1. The minimum absolute atomic E-state index is 0. The Morgan fingerprint density at radius 2 is 1.65 bits per heavy atom. The van der Waals surface area contributed by atoms with Gasteiger partial charge in [0.05, 0.1) is 6.54 Å². The van der Waals surface area contributed by atoms with Crippen molar-refractivity contribution < 1.29 is 8.78 Å². The number of anilines is 5. The van der Waals surface area contributed by atoms with Crippen LogP contribution in [0.3, 0.4) is 0 Å². The Kier molecular flexibility index (Phi) is 6.88. The van der Waals surface area contributed by atoms with E-state index in [9.17, 15) is 8.78 Å². The maximum absolute atomic E-state index is 13.6. The first-order chi connectivity index (χ1) is 14.6. The highest BCUT2D eigenvalue weighted by atomic mass is 35.5. The van der Waals surface area contributed by atoms with Crippen molar-refractivity contribution in [1.29, 1.82) is 0 Å². The molecule has 31 heavy (non-hydrogen) atoms. The number of hydrogen-bond acceptors (Lipinski definition) is 7. The van der Waals surface area contributed by atoms with Crippen molar-refractivity contribution in [3.05, 3.63) is 90.3 Å². The number of pyridine rings is 1. The average Bonchev–Trinajstić information content (AvgIpc) is 2.74. The smallest absolute Gasteiger partial charge is 0.236 e. The molecular weight excluding hydrogens is 424 g/mol. The Hall–Kier alpha value is -3.85. The van der Waals surface area contributed by atoms with Crippen LogP contribution in [0.2, 0.25) is 0 Å². The van der Waals surface area contributed by atoms with Crippen molar-refractivity contribution in [2.45, 2.75) is 6.54 Å². The lowest BCUT2D eigenvalue weighted by molar-refractivity contribution is 0.581. The van der Waals surface area contributed by atoms with Gasteiger partial charge >= 0.3 is 0 Å². The second-order valence-electron chi connectivity index (χ2n) is 6.36. The minimum atomic E-state index is -0.575. The van der Waals surface area contributed by atoms with Crippen LogP contribution in [0.25, 0.3) is 0 Å². The number of nitrogens with one attached hydrogen (secondary N) is 1. The zero-order valence-corrected chi connectivity index (χ0v) is 16.9. The lowest BCUT2D eigenvalue weighted by Gasteiger charge is -2.23. The summed E-state index contributed by atoms with van der Waals surface area (Å²) in [6.45, 7) is 0.281. The fourth-order valence-corrected chi connectivity index (χ4v) is 2.83. The number of rotatable bonds is 6. The summed E-state index contributed by atoms with van der Waals surface area (Å²) in [5.41, 5.74) is 7.97. The van der Waals surface area contributed by atoms with Crippen LogP contribution in [-0.4, -0.2) is 19.9 Å². The van der Waals surface area contributed by atoms with E-state index < -0.39 is 5.95 Å². The van der Waals surface area contributed by atoms with Crippen molar-refractivity contribution in [2.75, 3.05) is 16.0 Å². The third-order valence-corrected chi connectivity index (χ3v) is 4.18. The summed E-state index contributed by atoms with van der Waals surface area (Å²) in [5.74, 6) is -0.446. The van der Waals surface area contributed by atoms with Crippen LogP contribution in [0, 0.1) is 11.8 Å². The Labute approximate surface area is 183 Å². The van der Waals surface area contributed by atoms with Crippen LogP contribution >= 0.6 is 12.4 Å². The van der Waals surface area contributed by atoms with Gasteiger partial charge in [-0.2, -0.15) is 19.3 Å². The maximum Gasteiger partial charge on any atom is 0.236 e. The van der Waals surface area contributed by atoms with E-state index in [1.165, 1.54) is 24.4 Å². The summed E-state index contributed by atoms with van der Waals surface area (Å²) in [6, 6.07) is 18.2. The Morgan fingerprint density at radius 3 is 2.35 bits per heavy atom. The molecule has 4 rings (SSSR count). The van der Waals surface area contributed by atoms with Gasteiger partial charge in [-0.05, 0) is 54.1 Å². The number of nitrogen functional groups attached to an aromatic ring is 1. The van der Waals surface area contributed by atoms with E-state index >= 15 is 0 Å². The van der Waals surface area contributed by atoms with Gasteiger partial charge in [0.2, 0.25) is 23.8 Å². The van der Waals surface area contributed by atoms with Crippen molar-refractivity contribution in [3.8, 4) is 0 Å². The lowest BCUT2D eigenvalue weighted by Crippen LogP contribution is -2.21. The summed E-state index contributed by atoms with van der Waals surface area (Å²) >= 11 is 0. The van der Waals surface area contributed by atoms with Gasteiger partial charge in [0, 0.05) is 17.6 Å². The molecule has 2 heterocycles. The zero-order chi connectivity index (χ0) is 20.9. The van der Waals surface area contributed by atoms with Crippen molar-refractivity contribution in [1.82, 2.24) is 19.9 Å². The van der Waals surface area contributed by atoms with E-state index in [1.54, 1.807) is 23.1 Å². The van der Waals surface area contributed by atoms with E-state index in [0.717, 1.165) is 5.69 Å². The largest absolute Gasteiger partial charge is 0.368 e. The van der Waals surface area contributed by atoms with Gasteiger partial charge in [-0.15, -0.1) is 12.4 Å². The van der Waals surface area contributed by atoms with E-state index in [1.807, 2.05) is 30.3 Å². The Balaban J connectivity index is 0.00000272. The molecular formula is C21H18ClF2N7. The molecule has 0 aliphatic carbocycles. The molecule has 0 saturated carbocycles. The third-order valence-electron chi connectivity index (χ3n) is 4.18. The van der Waals surface area contributed by atoms with Crippen molar-refractivity contribution >= 4 is 41.6 Å². The van der Waals surface area contributed by atoms with E-state index in [-0.39, 0.29) is 42.6 Å². The number of nitrogens with zero attached hydrogens (tertiary/aromatic N) is 5. The van der Waals surface area contributed by atoms with Gasteiger partial charge < -0.3 is 16.0 Å². The van der Waals surface area contributed by atoms with E-state index in [2.05, 4.69) is 25.3 Å².